The average molecular weight is 365 g/mol. The topological polar surface area (TPSA) is 51.2 Å². The number of anilines is 1. The van der Waals surface area contributed by atoms with Crippen molar-refractivity contribution in [2.75, 3.05) is 18.2 Å². The van der Waals surface area contributed by atoms with Gasteiger partial charge in [0.15, 0.2) is 5.13 Å². The van der Waals surface area contributed by atoms with Crippen LogP contribution in [0.4, 0.5) is 5.13 Å². The molecule has 0 spiro atoms. The fourth-order valence-electron chi connectivity index (χ4n) is 1.95. The number of fused-ring (bicyclic) bond motifs is 1. The van der Waals surface area contributed by atoms with Crippen LogP contribution in [-0.2, 0) is 4.79 Å². The van der Waals surface area contributed by atoms with Crippen LogP contribution in [0.1, 0.15) is 0 Å². The van der Waals surface area contributed by atoms with Gasteiger partial charge in [0.2, 0.25) is 5.91 Å². The van der Waals surface area contributed by atoms with Crippen LogP contribution in [0.2, 0.25) is 5.02 Å². The molecule has 0 aliphatic rings. The molecule has 0 atom stereocenters. The van der Waals surface area contributed by atoms with Crippen molar-refractivity contribution in [1.82, 2.24) is 4.98 Å². The molecule has 23 heavy (non-hydrogen) atoms. The predicted molar refractivity (Wildman–Crippen MR) is 97.0 cm³/mol. The van der Waals surface area contributed by atoms with Crippen LogP contribution in [0.5, 0.6) is 5.75 Å². The van der Waals surface area contributed by atoms with Crippen molar-refractivity contribution in [3.8, 4) is 5.75 Å². The second-order valence-electron chi connectivity index (χ2n) is 4.65. The Bertz CT molecular complexity index is 851. The van der Waals surface area contributed by atoms with E-state index in [1.54, 1.807) is 13.2 Å². The fraction of sp³-hybridized carbons (Fsp3) is 0.125. The maximum absolute atomic E-state index is 12.1. The minimum atomic E-state index is -0.0945. The highest BCUT2D eigenvalue weighted by Crippen LogP contribution is 2.29. The molecule has 0 aliphatic heterocycles. The first-order chi connectivity index (χ1) is 11.1. The van der Waals surface area contributed by atoms with E-state index in [1.807, 2.05) is 36.4 Å². The van der Waals surface area contributed by atoms with Gasteiger partial charge in [-0.25, -0.2) is 4.98 Å². The lowest BCUT2D eigenvalue weighted by Crippen LogP contribution is -2.13. The first-order valence-electron chi connectivity index (χ1n) is 6.77. The molecule has 1 N–H and O–H groups in total. The number of nitrogens with zero attached hydrogens (tertiary/aromatic N) is 1. The molecule has 7 heteroatoms. The SMILES string of the molecule is COc1cccc(SCC(=O)Nc2nc3ccc(Cl)cc3s2)c1. The average Bonchev–Trinajstić information content (AvgIpc) is 2.94. The van der Waals surface area contributed by atoms with Crippen LogP contribution in [0.25, 0.3) is 10.2 Å². The monoisotopic (exact) mass is 364 g/mol. The van der Waals surface area contributed by atoms with Gasteiger partial charge in [-0.2, -0.15) is 0 Å². The second-order valence-corrected chi connectivity index (χ2v) is 7.16. The molecule has 3 aromatic rings. The van der Waals surface area contributed by atoms with Crippen LogP contribution >= 0.6 is 34.7 Å². The molecule has 1 amide bonds. The maximum Gasteiger partial charge on any atom is 0.236 e. The Hall–Kier alpha value is -1.76. The molecule has 2 aromatic carbocycles. The molecule has 3 rings (SSSR count). The molecule has 1 heterocycles. The Morgan fingerprint density at radius 1 is 1.35 bits per heavy atom. The van der Waals surface area contributed by atoms with E-state index in [9.17, 15) is 4.79 Å². The first-order valence-corrected chi connectivity index (χ1v) is 8.95. The van der Waals surface area contributed by atoms with Gasteiger partial charge in [0.25, 0.3) is 0 Å². The number of rotatable bonds is 5. The number of thiazole rings is 1. The van der Waals surface area contributed by atoms with Crippen molar-refractivity contribution in [2.24, 2.45) is 0 Å². The highest BCUT2D eigenvalue weighted by atomic mass is 35.5. The van der Waals surface area contributed by atoms with E-state index in [1.165, 1.54) is 23.1 Å². The molecular formula is C16H13ClN2O2S2. The lowest BCUT2D eigenvalue weighted by molar-refractivity contribution is -0.113. The number of carbonyl (C=O) groups is 1. The number of ether oxygens (including phenoxy) is 1. The predicted octanol–water partition coefficient (Wildman–Crippen LogP) is 4.69. The van der Waals surface area contributed by atoms with Gasteiger partial charge < -0.3 is 10.1 Å². The van der Waals surface area contributed by atoms with Crippen molar-refractivity contribution in [1.29, 1.82) is 0 Å². The summed E-state index contributed by atoms with van der Waals surface area (Å²) in [5.74, 6) is 0.991. The van der Waals surface area contributed by atoms with Gasteiger partial charge in [-0.15, -0.1) is 11.8 Å². The lowest BCUT2D eigenvalue weighted by Gasteiger charge is -2.04. The van der Waals surface area contributed by atoms with Crippen molar-refractivity contribution in [3.05, 3.63) is 47.5 Å². The Kier molecular flexibility index (Phi) is 5.05. The number of nitrogens with one attached hydrogen (secondary N) is 1. The third-order valence-corrected chi connectivity index (χ3v) is 5.17. The number of aromatic nitrogens is 1. The molecule has 0 radical (unpaired) electrons. The zero-order valence-corrected chi connectivity index (χ0v) is 14.6. The molecule has 0 unspecified atom stereocenters. The number of hydrogen-bond donors (Lipinski definition) is 1. The number of thioether (sulfide) groups is 1. The second kappa shape index (κ2) is 7.21. The summed E-state index contributed by atoms with van der Waals surface area (Å²) < 4.78 is 6.12. The van der Waals surface area contributed by atoms with Crippen molar-refractivity contribution < 1.29 is 9.53 Å². The molecule has 0 bridgehead atoms. The molecule has 4 nitrogen and oxygen atoms in total. The van der Waals surface area contributed by atoms with Crippen LogP contribution in [0.15, 0.2) is 47.4 Å². The molecule has 0 saturated heterocycles. The minimum Gasteiger partial charge on any atom is -0.497 e. The summed E-state index contributed by atoms with van der Waals surface area (Å²) in [6, 6.07) is 13.1. The molecule has 118 valence electrons. The first kappa shape index (κ1) is 16.1. The Balaban J connectivity index is 1.61. The summed E-state index contributed by atoms with van der Waals surface area (Å²) in [7, 11) is 1.62. The summed E-state index contributed by atoms with van der Waals surface area (Å²) in [5, 5.41) is 4.06. The zero-order chi connectivity index (χ0) is 16.2. The zero-order valence-electron chi connectivity index (χ0n) is 12.2. The van der Waals surface area contributed by atoms with E-state index in [0.29, 0.717) is 15.9 Å². The highest BCUT2D eigenvalue weighted by molar-refractivity contribution is 8.00. The van der Waals surface area contributed by atoms with Crippen LogP contribution < -0.4 is 10.1 Å². The normalized spacial score (nSPS) is 10.7. The van der Waals surface area contributed by atoms with Crippen LogP contribution in [0, 0.1) is 0 Å². The summed E-state index contributed by atoms with van der Waals surface area (Å²) in [6.07, 6.45) is 0. The minimum absolute atomic E-state index is 0.0945. The number of halogens is 1. The standard InChI is InChI=1S/C16H13ClN2O2S2/c1-21-11-3-2-4-12(8-11)22-9-15(20)19-16-18-13-6-5-10(17)7-14(13)23-16/h2-8H,9H2,1H3,(H,18,19,20). The van der Waals surface area contributed by atoms with E-state index < -0.39 is 0 Å². The molecule has 1 aromatic heterocycles. The summed E-state index contributed by atoms with van der Waals surface area (Å²) in [5.41, 5.74) is 0.829. The van der Waals surface area contributed by atoms with E-state index in [4.69, 9.17) is 16.3 Å². The smallest absolute Gasteiger partial charge is 0.236 e. The summed E-state index contributed by atoms with van der Waals surface area (Å²) in [4.78, 5) is 17.4. The fourth-order valence-corrected chi connectivity index (χ4v) is 3.85. The summed E-state index contributed by atoms with van der Waals surface area (Å²) in [6.45, 7) is 0. The summed E-state index contributed by atoms with van der Waals surface area (Å²) >= 11 is 8.82. The number of amides is 1. The number of hydrogen-bond acceptors (Lipinski definition) is 5. The van der Waals surface area contributed by atoms with E-state index in [2.05, 4.69) is 10.3 Å². The van der Waals surface area contributed by atoms with Gasteiger partial charge >= 0.3 is 0 Å². The molecular weight excluding hydrogens is 352 g/mol. The van der Waals surface area contributed by atoms with Crippen LogP contribution in [0.3, 0.4) is 0 Å². The van der Waals surface area contributed by atoms with E-state index in [0.717, 1.165) is 20.9 Å². The third-order valence-electron chi connectivity index (χ3n) is 3.01. The molecule has 0 aliphatic carbocycles. The van der Waals surface area contributed by atoms with Gasteiger partial charge in [-0.1, -0.05) is 29.0 Å². The maximum atomic E-state index is 12.1. The largest absolute Gasteiger partial charge is 0.497 e. The Morgan fingerprint density at radius 3 is 3.04 bits per heavy atom. The molecule has 0 fully saturated rings. The van der Waals surface area contributed by atoms with E-state index in [-0.39, 0.29) is 5.91 Å². The van der Waals surface area contributed by atoms with E-state index >= 15 is 0 Å². The number of methoxy groups -OCH3 is 1. The van der Waals surface area contributed by atoms with Gasteiger partial charge in [-0.05, 0) is 36.4 Å². The van der Waals surface area contributed by atoms with Crippen molar-refractivity contribution >= 4 is 56.0 Å². The number of carbonyl (C=O) groups excluding carboxylic acids is 1. The van der Waals surface area contributed by atoms with Gasteiger partial charge in [0, 0.05) is 9.92 Å². The third kappa shape index (κ3) is 4.16. The quantitative estimate of drug-likeness (QED) is 0.667. The Morgan fingerprint density at radius 2 is 2.22 bits per heavy atom. The lowest BCUT2D eigenvalue weighted by atomic mass is 10.3. The van der Waals surface area contributed by atoms with Gasteiger partial charge in [0.05, 0.1) is 23.1 Å². The van der Waals surface area contributed by atoms with Crippen molar-refractivity contribution in [2.45, 2.75) is 4.90 Å². The molecule has 0 saturated carbocycles. The van der Waals surface area contributed by atoms with Crippen LogP contribution in [-0.4, -0.2) is 23.8 Å². The Labute approximate surface area is 146 Å². The van der Waals surface area contributed by atoms with Gasteiger partial charge in [-0.3, -0.25) is 4.79 Å². The van der Waals surface area contributed by atoms with Gasteiger partial charge in [0.1, 0.15) is 5.75 Å². The highest BCUT2D eigenvalue weighted by Gasteiger charge is 2.09. The number of benzene rings is 2. The van der Waals surface area contributed by atoms with Crippen molar-refractivity contribution in [3.63, 3.8) is 0 Å².